The van der Waals surface area contributed by atoms with E-state index in [4.69, 9.17) is 4.42 Å². The van der Waals surface area contributed by atoms with Crippen molar-refractivity contribution in [2.45, 2.75) is 0 Å². The van der Waals surface area contributed by atoms with E-state index < -0.39 is 0 Å². The molecule has 10 aromatic rings. The van der Waals surface area contributed by atoms with Crippen molar-refractivity contribution < 1.29 is 4.42 Å². The van der Waals surface area contributed by atoms with Gasteiger partial charge in [0.25, 0.3) is 0 Å². The predicted molar refractivity (Wildman–Crippen MR) is 212 cm³/mol. The summed E-state index contributed by atoms with van der Waals surface area (Å²) in [6.45, 7) is 0. The lowest BCUT2D eigenvalue weighted by molar-refractivity contribution is 0.669. The standard InChI is InChI=1S/C48H31NO/c1-3-13-32(14-4-1)33-15-11-19-37(29-33)49(36-17-5-2-6-18-36)38-20-12-16-34(30-38)35-25-26-40-39-21-7-8-22-41(39)47-42(44(40)31-35)27-28-46-48(47)43-23-9-10-24-45(43)50-46/h1-31H. The van der Waals surface area contributed by atoms with Gasteiger partial charge in [0.15, 0.2) is 0 Å². The van der Waals surface area contributed by atoms with Crippen LogP contribution in [-0.4, -0.2) is 0 Å². The molecule has 0 spiro atoms. The minimum atomic E-state index is 0.919. The highest BCUT2D eigenvalue weighted by Crippen LogP contribution is 2.44. The van der Waals surface area contributed by atoms with Gasteiger partial charge in [-0.15, -0.1) is 0 Å². The SMILES string of the molecule is c1ccc(-c2cccc(N(c3ccccc3)c3cccc(-c4ccc5c6ccccc6c6c(ccc7oc8ccccc8c76)c5c4)c3)c2)cc1. The molecule has 1 aromatic heterocycles. The smallest absolute Gasteiger partial charge is 0.136 e. The van der Waals surface area contributed by atoms with Gasteiger partial charge in [0.2, 0.25) is 0 Å². The Morgan fingerprint density at radius 3 is 1.56 bits per heavy atom. The maximum absolute atomic E-state index is 6.35. The number of rotatable bonds is 5. The van der Waals surface area contributed by atoms with E-state index >= 15 is 0 Å². The third kappa shape index (κ3) is 4.57. The molecule has 0 N–H and O–H groups in total. The molecule has 0 aliphatic rings. The second kappa shape index (κ2) is 11.5. The van der Waals surface area contributed by atoms with Crippen molar-refractivity contribution in [3.05, 3.63) is 188 Å². The summed E-state index contributed by atoms with van der Waals surface area (Å²) in [5, 5.41) is 9.81. The van der Waals surface area contributed by atoms with Gasteiger partial charge in [0.1, 0.15) is 11.2 Å². The average molecular weight is 638 g/mol. The summed E-state index contributed by atoms with van der Waals surface area (Å²) in [5.41, 5.74) is 9.91. The molecule has 9 aromatic carbocycles. The molecular formula is C48H31NO. The summed E-state index contributed by atoms with van der Waals surface area (Å²) in [6.07, 6.45) is 0. The Kier molecular flexibility index (Phi) is 6.53. The van der Waals surface area contributed by atoms with Crippen LogP contribution in [0.2, 0.25) is 0 Å². The number of hydrogen-bond donors (Lipinski definition) is 0. The Hall–Kier alpha value is -6.64. The van der Waals surface area contributed by atoms with Crippen LogP contribution in [0.25, 0.3) is 76.5 Å². The molecule has 0 saturated carbocycles. The number of anilines is 3. The molecule has 2 nitrogen and oxygen atoms in total. The van der Waals surface area contributed by atoms with Crippen LogP contribution in [0.4, 0.5) is 17.1 Å². The Labute approximate surface area is 290 Å². The normalized spacial score (nSPS) is 11.6. The van der Waals surface area contributed by atoms with E-state index in [0.29, 0.717) is 0 Å². The van der Waals surface area contributed by atoms with Crippen LogP contribution in [0.1, 0.15) is 0 Å². The fourth-order valence-corrected chi connectivity index (χ4v) is 7.74. The fourth-order valence-electron chi connectivity index (χ4n) is 7.74. The van der Waals surface area contributed by atoms with Gasteiger partial charge in [-0.3, -0.25) is 0 Å². The maximum Gasteiger partial charge on any atom is 0.136 e. The largest absolute Gasteiger partial charge is 0.456 e. The lowest BCUT2D eigenvalue weighted by Crippen LogP contribution is -2.10. The van der Waals surface area contributed by atoms with Crippen LogP contribution in [0, 0.1) is 0 Å². The third-order valence-corrected chi connectivity index (χ3v) is 10.0. The number of fused-ring (bicyclic) bond motifs is 10. The zero-order valence-corrected chi connectivity index (χ0v) is 27.3. The van der Waals surface area contributed by atoms with E-state index in [1.54, 1.807) is 0 Å². The Bertz CT molecular complexity index is 2870. The predicted octanol–water partition coefficient (Wildman–Crippen LogP) is 13.8. The van der Waals surface area contributed by atoms with Crippen LogP contribution in [0.5, 0.6) is 0 Å². The van der Waals surface area contributed by atoms with Crippen molar-refractivity contribution in [3.8, 4) is 22.3 Å². The zero-order chi connectivity index (χ0) is 33.0. The van der Waals surface area contributed by atoms with E-state index in [-0.39, 0.29) is 0 Å². The van der Waals surface area contributed by atoms with E-state index in [1.807, 2.05) is 6.07 Å². The summed E-state index contributed by atoms with van der Waals surface area (Å²) >= 11 is 0. The van der Waals surface area contributed by atoms with Crippen molar-refractivity contribution in [2.24, 2.45) is 0 Å². The van der Waals surface area contributed by atoms with Crippen molar-refractivity contribution in [1.82, 2.24) is 0 Å². The maximum atomic E-state index is 6.35. The first-order chi connectivity index (χ1) is 24.8. The Balaban J connectivity index is 1.17. The van der Waals surface area contributed by atoms with Gasteiger partial charge in [-0.25, -0.2) is 0 Å². The quantitative estimate of drug-likeness (QED) is 0.175. The highest BCUT2D eigenvalue weighted by molar-refractivity contribution is 6.34. The molecule has 50 heavy (non-hydrogen) atoms. The van der Waals surface area contributed by atoms with E-state index in [1.165, 1.54) is 60.0 Å². The summed E-state index contributed by atoms with van der Waals surface area (Å²) in [4.78, 5) is 2.35. The van der Waals surface area contributed by atoms with Crippen LogP contribution >= 0.6 is 0 Å². The Morgan fingerprint density at radius 2 is 0.800 bits per heavy atom. The van der Waals surface area contributed by atoms with Crippen LogP contribution in [-0.2, 0) is 0 Å². The van der Waals surface area contributed by atoms with Crippen LogP contribution in [0.3, 0.4) is 0 Å². The van der Waals surface area contributed by atoms with Crippen LogP contribution in [0.15, 0.2) is 192 Å². The van der Waals surface area contributed by atoms with Crippen molar-refractivity contribution in [3.63, 3.8) is 0 Å². The molecule has 0 fully saturated rings. The second-order valence-electron chi connectivity index (χ2n) is 12.9. The molecule has 0 atom stereocenters. The van der Waals surface area contributed by atoms with Gasteiger partial charge >= 0.3 is 0 Å². The van der Waals surface area contributed by atoms with E-state index in [9.17, 15) is 0 Å². The molecule has 0 bridgehead atoms. The molecule has 0 aliphatic heterocycles. The van der Waals surface area contributed by atoms with Crippen molar-refractivity contribution >= 4 is 71.3 Å². The lowest BCUT2D eigenvalue weighted by Gasteiger charge is -2.26. The van der Waals surface area contributed by atoms with Crippen molar-refractivity contribution in [1.29, 1.82) is 0 Å². The molecule has 0 aliphatic carbocycles. The van der Waals surface area contributed by atoms with Crippen LogP contribution < -0.4 is 4.90 Å². The number of benzene rings is 9. The fraction of sp³-hybridized carbons (Fsp3) is 0. The molecule has 0 saturated heterocycles. The number of furan rings is 1. The van der Waals surface area contributed by atoms with E-state index in [0.717, 1.165) is 33.6 Å². The number of nitrogens with zero attached hydrogens (tertiary/aromatic N) is 1. The van der Waals surface area contributed by atoms with Gasteiger partial charge < -0.3 is 9.32 Å². The molecule has 0 unspecified atom stereocenters. The molecular weight excluding hydrogens is 607 g/mol. The van der Waals surface area contributed by atoms with Crippen molar-refractivity contribution in [2.75, 3.05) is 4.90 Å². The first-order valence-electron chi connectivity index (χ1n) is 17.1. The Morgan fingerprint density at radius 1 is 0.280 bits per heavy atom. The molecule has 234 valence electrons. The first kappa shape index (κ1) is 28.4. The summed E-state index contributed by atoms with van der Waals surface area (Å²) < 4.78 is 6.35. The van der Waals surface area contributed by atoms with Gasteiger partial charge in [-0.2, -0.15) is 0 Å². The summed E-state index contributed by atoms with van der Waals surface area (Å²) in [6, 6.07) is 67.4. The van der Waals surface area contributed by atoms with Gasteiger partial charge in [-0.1, -0.05) is 127 Å². The van der Waals surface area contributed by atoms with Gasteiger partial charge in [0, 0.05) is 33.2 Å². The highest BCUT2D eigenvalue weighted by atomic mass is 16.3. The van der Waals surface area contributed by atoms with E-state index in [2.05, 4.69) is 187 Å². The monoisotopic (exact) mass is 637 g/mol. The average Bonchev–Trinajstić information content (AvgIpc) is 3.58. The molecule has 0 radical (unpaired) electrons. The minimum absolute atomic E-state index is 0.919. The molecule has 2 heteroatoms. The molecule has 1 heterocycles. The molecule has 0 amide bonds. The summed E-state index contributed by atoms with van der Waals surface area (Å²) in [7, 11) is 0. The first-order valence-corrected chi connectivity index (χ1v) is 17.1. The molecule has 10 rings (SSSR count). The number of para-hydroxylation sites is 2. The lowest BCUT2D eigenvalue weighted by atomic mass is 9.90. The number of hydrogen-bond acceptors (Lipinski definition) is 2. The zero-order valence-electron chi connectivity index (χ0n) is 27.3. The van der Waals surface area contributed by atoms with Gasteiger partial charge in [-0.05, 0) is 110 Å². The summed E-state index contributed by atoms with van der Waals surface area (Å²) in [5.74, 6) is 0. The topological polar surface area (TPSA) is 16.4 Å². The minimum Gasteiger partial charge on any atom is -0.456 e. The highest BCUT2D eigenvalue weighted by Gasteiger charge is 2.18. The third-order valence-electron chi connectivity index (χ3n) is 10.0. The second-order valence-corrected chi connectivity index (χ2v) is 12.9. The van der Waals surface area contributed by atoms with Gasteiger partial charge in [0.05, 0.1) is 0 Å².